The molecule has 0 aliphatic rings. The standard InChI is InChI=1S/C9H7F2NO4/c1-4-6(8(10)11)2-5(9(13)14)3-7(4)12(15)16/h2-3,8H,1H3,(H,13,14). The van der Waals surface area contributed by atoms with Crippen LogP contribution in [0.2, 0.25) is 0 Å². The van der Waals surface area contributed by atoms with Crippen LogP contribution in [0.15, 0.2) is 12.1 Å². The van der Waals surface area contributed by atoms with E-state index >= 15 is 0 Å². The Labute approximate surface area is 88.5 Å². The fourth-order valence-electron chi connectivity index (χ4n) is 1.26. The van der Waals surface area contributed by atoms with Gasteiger partial charge in [0.05, 0.1) is 10.5 Å². The zero-order valence-electron chi connectivity index (χ0n) is 8.11. The Morgan fingerprint density at radius 1 is 1.50 bits per heavy atom. The quantitative estimate of drug-likeness (QED) is 0.640. The van der Waals surface area contributed by atoms with Crippen molar-refractivity contribution in [1.82, 2.24) is 0 Å². The number of nitrogens with zero attached hydrogens (tertiary/aromatic N) is 1. The molecule has 1 rings (SSSR count). The Hall–Kier alpha value is -2.05. The predicted molar refractivity (Wildman–Crippen MR) is 49.7 cm³/mol. The Morgan fingerprint density at radius 2 is 2.06 bits per heavy atom. The first-order valence-electron chi connectivity index (χ1n) is 4.15. The van der Waals surface area contributed by atoms with Crippen molar-refractivity contribution in [1.29, 1.82) is 0 Å². The highest BCUT2D eigenvalue weighted by atomic mass is 19.3. The molecule has 1 N–H and O–H groups in total. The number of benzene rings is 1. The van der Waals surface area contributed by atoms with Gasteiger partial charge in [0.15, 0.2) is 0 Å². The molecule has 16 heavy (non-hydrogen) atoms. The van der Waals surface area contributed by atoms with E-state index in [4.69, 9.17) is 5.11 Å². The zero-order chi connectivity index (χ0) is 12.5. The molecule has 0 bridgehead atoms. The van der Waals surface area contributed by atoms with Gasteiger partial charge in [-0.2, -0.15) is 0 Å². The molecule has 86 valence electrons. The third kappa shape index (κ3) is 2.13. The summed E-state index contributed by atoms with van der Waals surface area (Å²) in [5.41, 5.74) is -1.99. The average molecular weight is 231 g/mol. The number of rotatable bonds is 3. The van der Waals surface area contributed by atoms with Crippen LogP contribution in [0.1, 0.15) is 27.9 Å². The molecule has 5 nitrogen and oxygen atoms in total. The minimum absolute atomic E-state index is 0.218. The first kappa shape index (κ1) is 12.0. The first-order chi connectivity index (χ1) is 7.34. The van der Waals surface area contributed by atoms with E-state index in [9.17, 15) is 23.7 Å². The largest absolute Gasteiger partial charge is 0.478 e. The molecule has 1 aromatic rings. The van der Waals surface area contributed by atoms with Crippen molar-refractivity contribution in [2.24, 2.45) is 0 Å². The number of aromatic carboxylic acids is 1. The fourth-order valence-corrected chi connectivity index (χ4v) is 1.26. The molecule has 0 amide bonds. The molecule has 0 spiro atoms. The lowest BCUT2D eigenvalue weighted by Gasteiger charge is -2.06. The van der Waals surface area contributed by atoms with Gasteiger partial charge in [0.1, 0.15) is 0 Å². The van der Waals surface area contributed by atoms with Crippen molar-refractivity contribution in [2.75, 3.05) is 0 Å². The molecular formula is C9H7F2NO4. The van der Waals surface area contributed by atoms with Crippen LogP contribution < -0.4 is 0 Å². The van der Waals surface area contributed by atoms with Crippen LogP contribution in [-0.4, -0.2) is 16.0 Å². The number of carboxylic acid groups (broad SMARTS) is 1. The Bertz CT molecular complexity index is 459. The summed E-state index contributed by atoms with van der Waals surface area (Å²) in [6, 6.07) is 1.51. The summed E-state index contributed by atoms with van der Waals surface area (Å²) in [5.74, 6) is -1.48. The van der Waals surface area contributed by atoms with Crippen LogP contribution in [0.5, 0.6) is 0 Å². The van der Waals surface area contributed by atoms with Crippen LogP contribution in [0.4, 0.5) is 14.5 Å². The van der Waals surface area contributed by atoms with Gasteiger partial charge in [0.2, 0.25) is 0 Å². The van der Waals surface area contributed by atoms with E-state index in [2.05, 4.69) is 0 Å². The first-order valence-corrected chi connectivity index (χ1v) is 4.15. The summed E-state index contributed by atoms with van der Waals surface area (Å²) in [6.45, 7) is 1.16. The topological polar surface area (TPSA) is 80.4 Å². The van der Waals surface area contributed by atoms with Gasteiger partial charge < -0.3 is 5.11 Å². The number of nitro groups is 1. The van der Waals surface area contributed by atoms with Gasteiger partial charge in [-0.05, 0) is 13.0 Å². The molecule has 0 aliphatic heterocycles. The molecule has 0 radical (unpaired) electrons. The number of hydrogen-bond donors (Lipinski definition) is 1. The number of carboxylic acids is 1. The third-order valence-corrected chi connectivity index (χ3v) is 2.10. The van der Waals surface area contributed by atoms with Crippen molar-refractivity contribution in [3.05, 3.63) is 38.9 Å². The molecule has 0 heterocycles. The average Bonchev–Trinajstić information content (AvgIpc) is 2.16. The van der Waals surface area contributed by atoms with Crippen LogP contribution in [0, 0.1) is 17.0 Å². The maximum Gasteiger partial charge on any atom is 0.335 e. The van der Waals surface area contributed by atoms with Crippen molar-refractivity contribution in [2.45, 2.75) is 13.3 Å². The predicted octanol–water partition coefficient (Wildman–Crippen LogP) is 2.54. The van der Waals surface area contributed by atoms with Crippen LogP contribution in [0.25, 0.3) is 0 Å². The molecule has 7 heteroatoms. The van der Waals surface area contributed by atoms with Gasteiger partial charge >= 0.3 is 5.97 Å². The Morgan fingerprint density at radius 3 is 2.44 bits per heavy atom. The van der Waals surface area contributed by atoms with Crippen LogP contribution >= 0.6 is 0 Å². The van der Waals surface area contributed by atoms with Gasteiger partial charge in [0, 0.05) is 17.2 Å². The maximum absolute atomic E-state index is 12.5. The van der Waals surface area contributed by atoms with Crippen LogP contribution in [0.3, 0.4) is 0 Å². The van der Waals surface area contributed by atoms with Gasteiger partial charge in [-0.3, -0.25) is 10.1 Å². The molecule has 1 aromatic carbocycles. The van der Waals surface area contributed by atoms with E-state index in [1.165, 1.54) is 0 Å². The molecule has 0 saturated heterocycles. The van der Waals surface area contributed by atoms with E-state index in [0.717, 1.165) is 19.1 Å². The zero-order valence-corrected chi connectivity index (χ0v) is 8.11. The SMILES string of the molecule is Cc1c(C(F)F)cc(C(=O)O)cc1[N+](=O)[O-]. The van der Waals surface area contributed by atoms with Gasteiger partial charge in [-0.15, -0.1) is 0 Å². The van der Waals surface area contributed by atoms with Crippen LogP contribution in [-0.2, 0) is 0 Å². The second-order valence-corrected chi connectivity index (χ2v) is 3.07. The second-order valence-electron chi connectivity index (χ2n) is 3.07. The minimum atomic E-state index is -2.95. The smallest absolute Gasteiger partial charge is 0.335 e. The fraction of sp³-hybridized carbons (Fsp3) is 0.222. The molecular weight excluding hydrogens is 224 g/mol. The van der Waals surface area contributed by atoms with E-state index in [1.807, 2.05) is 0 Å². The molecule has 0 unspecified atom stereocenters. The van der Waals surface area contributed by atoms with E-state index in [0.29, 0.717) is 0 Å². The Kier molecular flexibility index (Phi) is 3.17. The summed E-state index contributed by atoms with van der Waals surface area (Å²) < 4.78 is 25.0. The second kappa shape index (κ2) is 4.21. The minimum Gasteiger partial charge on any atom is -0.478 e. The summed E-state index contributed by atoms with van der Waals surface area (Å²) in [7, 11) is 0. The lowest BCUT2D eigenvalue weighted by atomic mass is 10.0. The summed E-state index contributed by atoms with van der Waals surface area (Å²) in [5, 5.41) is 19.2. The number of hydrogen-bond acceptors (Lipinski definition) is 3. The Balaban J connectivity index is 3.51. The van der Waals surface area contributed by atoms with Crippen molar-refractivity contribution < 1.29 is 23.6 Å². The summed E-state index contributed by atoms with van der Waals surface area (Å²) in [6.07, 6.45) is -2.95. The highest BCUT2D eigenvalue weighted by Gasteiger charge is 2.23. The number of halogens is 2. The summed E-state index contributed by atoms with van der Waals surface area (Å²) in [4.78, 5) is 20.3. The van der Waals surface area contributed by atoms with Gasteiger partial charge in [-0.1, -0.05) is 0 Å². The van der Waals surface area contributed by atoms with Crippen molar-refractivity contribution in [3.63, 3.8) is 0 Å². The van der Waals surface area contributed by atoms with Gasteiger partial charge in [0.25, 0.3) is 12.1 Å². The van der Waals surface area contributed by atoms with Crippen molar-refractivity contribution in [3.8, 4) is 0 Å². The number of carbonyl (C=O) groups is 1. The number of nitro benzene ring substituents is 1. The molecule has 0 fully saturated rings. The van der Waals surface area contributed by atoms with E-state index in [1.54, 1.807) is 0 Å². The lowest BCUT2D eigenvalue weighted by Crippen LogP contribution is -2.03. The molecule has 0 atom stereocenters. The monoisotopic (exact) mass is 231 g/mol. The van der Waals surface area contributed by atoms with Gasteiger partial charge in [-0.25, -0.2) is 13.6 Å². The van der Waals surface area contributed by atoms with E-state index < -0.39 is 34.1 Å². The third-order valence-electron chi connectivity index (χ3n) is 2.10. The highest BCUT2D eigenvalue weighted by Crippen LogP contribution is 2.30. The normalized spacial score (nSPS) is 10.5. The van der Waals surface area contributed by atoms with E-state index in [-0.39, 0.29) is 5.56 Å². The highest BCUT2D eigenvalue weighted by molar-refractivity contribution is 5.89. The van der Waals surface area contributed by atoms with Crippen molar-refractivity contribution >= 4 is 11.7 Å². The molecule has 0 saturated carbocycles. The lowest BCUT2D eigenvalue weighted by molar-refractivity contribution is -0.385. The molecule has 0 aromatic heterocycles. The molecule has 0 aliphatic carbocycles. The summed E-state index contributed by atoms with van der Waals surface area (Å²) >= 11 is 0. The number of alkyl halides is 2. The maximum atomic E-state index is 12.5.